The van der Waals surface area contributed by atoms with Gasteiger partial charge in [0.2, 0.25) is 0 Å². The molecule has 0 aliphatic carbocycles. The van der Waals surface area contributed by atoms with Gasteiger partial charge in [-0.25, -0.2) is 4.98 Å². The minimum atomic E-state index is 0.450. The molecular formula is C20H19N5O2. The second-order valence-corrected chi connectivity index (χ2v) is 5.96. The van der Waals surface area contributed by atoms with Crippen molar-refractivity contribution < 1.29 is 9.47 Å². The van der Waals surface area contributed by atoms with Gasteiger partial charge in [-0.05, 0) is 23.1 Å². The molecule has 136 valence electrons. The van der Waals surface area contributed by atoms with Crippen molar-refractivity contribution in [2.24, 2.45) is 0 Å². The van der Waals surface area contributed by atoms with Crippen molar-refractivity contribution in [1.82, 2.24) is 15.2 Å². The summed E-state index contributed by atoms with van der Waals surface area (Å²) in [6.07, 6.45) is 1.67. The van der Waals surface area contributed by atoms with Crippen LogP contribution in [0.25, 0.3) is 21.9 Å². The van der Waals surface area contributed by atoms with Crippen LogP contribution in [0.4, 0.5) is 17.5 Å². The standard InChI is InChI=1S/C20H19N5O2/c1-26-13-9-12(10-14(11-13)27-2)18-15-5-3-4-6-16(15)19(21)24-20(18)23-17-7-8-22-25-17/h3-11H,1-2H3,(H4,21,22,23,24,25). The third-order valence-electron chi connectivity index (χ3n) is 4.34. The van der Waals surface area contributed by atoms with Gasteiger partial charge in [0, 0.05) is 23.1 Å². The lowest BCUT2D eigenvalue weighted by molar-refractivity contribution is 0.394. The molecule has 0 unspecified atom stereocenters. The highest BCUT2D eigenvalue weighted by molar-refractivity contribution is 6.06. The molecular weight excluding hydrogens is 342 g/mol. The van der Waals surface area contributed by atoms with Crippen LogP contribution >= 0.6 is 0 Å². The highest BCUT2D eigenvalue weighted by Crippen LogP contribution is 2.40. The average molecular weight is 361 g/mol. The predicted octanol–water partition coefficient (Wildman–Crippen LogP) is 3.97. The normalized spacial score (nSPS) is 10.7. The van der Waals surface area contributed by atoms with E-state index in [0.29, 0.717) is 29.0 Å². The first kappa shape index (κ1) is 16.7. The van der Waals surface area contributed by atoms with Crippen molar-refractivity contribution in [2.75, 3.05) is 25.3 Å². The van der Waals surface area contributed by atoms with Crippen molar-refractivity contribution in [3.05, 3.63) is 54.7 Å². The molecule has 7 heteroatoms. The SMILES string of the molecule is COc1cc(OC)cc(-c2c(Nc3ccn[nH]3)nc(N)c3ccccc23)c1. The molecule has 0 aliphatic rings. The van der Waals surface area contributed by atoms with Crippen LogP contribution in [0.5, 0.6) is 11.5 Å². The van der Waals surface area contributed by atoms with E-state index in [4.69, 9.17) is 15.2 Å². The van der Waals surface area contributed by atoms with Crippen molar-refractivity contribution in [3.63, 3.8) is 0 Å². The monoisotopic (exact) mass is 361 g/mol. The Morgan fingerprint density at radius 3 is 2.30 bits per heavy atom. The Kier molecular flexibility index (Phi) is 4.25. The highest BCUT2D eigenvalue weighted by Gasteiger charge is 2.17. The predicted molar refractivity (Wildman–Crippen MR) is 107 cm³/mol. The van der Waals surface area contributed by atoms with Crippen LogP contribution in [0.2, 0.25) is 0 Å². The molecule has 7 nitrogen and oxygen atoms in total. The Morgan fingerprint density at radius 1 is 0.963 bits per heavy atom. The number of H-pyrrole nitrogens is 1. The number of aromatic amines is 1. The van der Waals surface area contributed by atoms with E-state index < -0.39 is 0 Å². The van der Waals surface area contributed by atoms with E-state index >= 15 is 0 Å². The summed E-state index contributed by atoms with van der Waals surface area (Å²) < 4.78 is 10.9. The zero-order valence-electron chi connectivity index (χ0n) is 15.0. The summed E-state index contributed by atoms with van der Waals surface area (Å²) in [5, 5.41) is 12.0. The molecule has 4 aromatic rings. The number of benzene rings is 2. The Labute approximate surface area is 156 Å². The number of fused-ring (bicyclic) bond motifs is 1. The second-order valence-electron chi connectivity index (χ2n) is 5.96. The van der Waals surface area contributed by atoms with E-state index in [1.54, 1.807) is 20.4 Å². The van der Waals surface area contributed by atoms with E-state index in [9.17, 15) is 0 Å². The summed E-state index contributed by atoms with van der Waals surface area (Å²) >= 11 is 0. The van der Waals surface area contributed by atoms with E-state index in [0.717, 1.165) is 21.9 Å². The van der Waals surface area contributed by atoms with Gasteiger partial charge in [-0.15, -0.1) is 0 Å². The Morgan fingerprint density at radius 2 is 1.67 bits per heavy atom. The van der Waals surface area contributed by atoms with Gasteiger partial charge in [-0.3, -0.25) is 5.10 Å². The van der Waals surface area contributed by atoms with E-state index in [1.165, 1.54) is 0 Å². The number of nitrogen functional groups attached to an aromatic ring is 1. The van der Waals surface area contributed by atoms with Crippen molar-refractivity contribution in [2.45, 2.75) is 0 Å². The first-order valence-corrected chi connectivity index (χ1v) is 8.37. The quantitative estimate of drug-likeness (QED) is 0.498. The van der Waals surface area contributed by atoms with Crippen LogP contribution in [-0.2, 0) is 0 Å². The molecule has 0 bridgehead atoms. The fraction of sp³-hybridized carbons (Fsp3) is 0.100. The number of methoxy groups -OCH3 is 2. The number of ether oxygens (including phenoxy) is 2. The molecule has 2 heterocycles. The summed E-state index contributed by atoms with van der Waals surface area (Å²) in [6.45, 7) is 0. The topological polar surface area (TPSA) is 98.1 Å². The largest absolute Gasteiger partial charge is 0.497 e. The summed E-state index contributed by atoms with van der Waals surface area (Å²) in [7, 11) is 3.25. The average Bonchev–Trinajstić information content (AvgIpc) is 3.21. The number of hydrogen-bond acceptors (Lipinski definition) is 6. The van der Waals surface area contributed by atoms with Gasteiger partial charge in [0.15, 0.2) is 0 Å². The minimum absolute atomic E-state index is 0.450. The van der Waals surface area contributed by atoms with Crippen LogP contribution in [0.15, 0.2) is 54.7 Å². The first-order valence-electron chi connectivity index (χ1n) is 8.37. The first-order chi connectivity index (χ1) is 13.2. The summed E-state index contributed by atoms with van der Waals surface area (Å²) in [5.74, 6) is 3.17. The van der Waals surface area contributed by atoms with Gasteiger partial charge in [0.25, 0.3) is 0 Å². The molecule has 0 spiro atoms. The lowest BCUT2D eigenvalue weighted by atomic mass is 9.98. The number of nitrogens with two attached hydrogens (primary N) is 1. The Hall–Kier alpha value is -3.74. The van der Waals surface area contributed by atoms with Crippen LogP contribution < -0.4 is 20.5 Å². The Bertz CT molecular complexity index is 1070. The molecule has 0 saturated carbocycles. The molecule has 0 aliphatic heterocycles. The lowest BCUT2D eigenvalue weighted by Gasteiger charge is -2.16. The lowest BCUT2D eigenvalue weighted by Crippen LogP contribution is -2.02. The van der Waals surface area contributed by atoms with Gasteiger partial charge >= 0.3 is 0 Å². The maximum absolute atomic E-state index is 6.22. The number of anilines is 3. The summed E-state index contributed by atoms with van der Waals surface area (Å²) in [5.41, 5.74) is 8.01. The van der Waals surface area contributed by atoms with Gasteiger partial charge < -0.3 is 20.5 Å². The van der Waals surface area contributed by atoms with Crippen molar-refractivity contribution in [3.8, 4) is 22.6 Å². The molecule has 2 aromatic carbocycles. The molecule has 27 heavy (non-hydrogen) atoms. The van der Waals surface area contributed by atoms with Gasteiger partial charge in [0.1, 0.15) is 29.0 Å². The van der Waals surface area contributed by atoms with Crippen LogP contribution in [-0.4, -0.2) is 29.4 Å². The fourth-order valence-electron chi connectivity index (χ4n) is 3.08. The van der Waals surface area contributed by atoms with Crippen LogP contribution in [0.3, 0.4) is 0 Å². The zero-order chi connectivity index (χ0) is 18.8. The minimum Gasteiger partial charge on any atom is -0.497 e. The molecule has 2 aromatic heterocycles. The molecule has 0 fully saturated rings. The second kappa shape index (κ2) is 6.87. The van der Waals surface area contributed by atoms with Crippen molar-refractivity contribution >= 4 is 28.2 Å². The summed E-state index contributed by atoms with van der Waals surface area (Å²) in [6, 6.07) is 15.4. The Balaban J connectivity index is 2.01. The number of hydrogen-bond donors (Lipinski definition) is 3. The van der Waals surface area contributed by atoms with E-state index in [1.807, 2.05) is 48.5 Å². The third-order valence-corrected chi connectivity index (χ3v) is 4.34. The van der Waals surface area contributed by atoms with Gasteiger partial charge in [0.05, 0.1) is 20.4 Å². The smallest absolute Gasteiger partial charge is 0.142 e. The number of pyridine rings is 1. The van der Waals surface area contributed by atoms with Gasteiger partial charge in [-0.1, -0.05) is 24.3 Å². The number of nitrogens with one attached hydrogen (secondary N) is 2. The third kappa shape index (κ3) is 3.10. The highest BCUT2D eigenvalue weighted by atomic mass is 16.5. The number of nitrogens with zero attached hydrogens (tertiary/aromatic N) is 2. The maximum Gasteiger partial charge on any atom is 0.142 e. The van der Waals surface area contributed by atoms with Gasteiger partial charge in [-0.2, -0.15) is 5.10 Å². The molecule has 0 atom stereocenters. The molecule has 0 saturated heterocycles. The molecule has 0 amide bonds. The van der Waals surface area contributed by atoms with Crippen LogP contribution in [0, 0.1) is 0 Å². The van der Waals surface area contributed by atoms with Crippen LogP contribution in [0.1, 0.15) is 0 Å². The molecule has 4 N–H and O–H groups in total. The van der Waals surface area contributed by atoms with Crippen molar-refractivity contribution in [1.29, 1.82) is 0 Å². The van der Waals surface area contributed by atoms with E-state index in [-0.39, 0.29) is 0 Å². The fourth-order valence-corrected chi connectivity index (χ4v) is 3.08. The maximum atomic E-state index is 6.22. The number of rotatable bonds is 5. The molecule has 0 radical (unpaired) electrons. The summed E-state index contributed by atoms with van der Waals surface area (Å²) in [4.78, 5) is 4.60. The number of aromatic nitrogens is 3. The zero-order valence-corrected chi connectivity index (χ0v) is 15.0. The molecule has 4 rings (SSSR count). The van der Waals surface area contributed by atoms with E-state index in [2.05, 4.69) is 20.5 Å².